The molecule has 0 atom stereocenters. The van der Waals surface area contributed by atoms with Crippen molar-refractivity contribution in [3.05, 3.63) is 54.1 Å². The standard InChI is InChI=1S/C21H25NO3/c23-21(22-14-8-5-9-15-22)11-7-4-2-1-3-6-10-18-12-13-19-20(16-18)25-17-24-19/h2,4,6-7,10-13,16H,1,3,5,8-9,14-15,17H2/b4-2+,10-6+,11-7+. The molecule has 2 heterocycles. The Balaban J connectivity index is 1.35. The monoisotopic (exact) mass is 339 g/mol. The molecule has 1 aromatic rings. The summed E-state index contributed by atoms with van der Waals surface area (Å²) in [6, 6.07) is 5.95. The molecule has 4 heteroatoms. The predicted molar refractivity (Wildman–Crippen MR) is 99.5 cm³/mol. The van der Waals surface area contributed by atoms with E-state index in [1.165, 1.54) is 6.42 Å². The topological polar surface area (TPSA) is 38.8 Å². The number of amides is 1. The van der Waals surface area contributed by atoms with Gasteiger partial charge >= 0.3 is 0 Å². The lowest BCUT2D eigenvalue weighted by Crippen LogP contribution is -2.34. The maximum Gasteiger partial charge on any atom is 0.246 e. The van der Waals surface area contributed by atoms with E-state index in [4.69, 9.17) is 9.47 Å². The molecule has 0 spiro atoms. The SMILES string of the molecule is O=C(/C=C/C=C/CC/C=C/c1ccc2c(c1)OCO2)N1CCCCC1. The first kappa shape index (κ1) is 17.3. The Labute approximate surface area is 149 Å². The Morgan fingerprint density at radius 3 is 2.68 bits per heavy atom. The van der Waals surface area contributed by atoms with Gasteiger partial charge in [0.1, 0.15) is 0 Å². The molecule has 4 nitrogen and oxygen atoms in total. The highest BCUT2D eigenvalue weighted by atomic mass is 16.7. The molecule has 132 valence electrons. The highest BCUT2D eigenvalue weighted by molar-refractivity contribution is 5.87. The van der Waals surface area contributed by atoms with Gasteiger partial charge in [-0.3, -0.25) is 4.79 Å². The van der Waals surface area contributed by atoms with Crippen LogP contribution in [0.25, 0.3) is 6.08 Å². The van der Waals surface area contributed by atoms with Crippen LogP contribution in [0.15, 0.2) is 48.6 Å². The lowest BCUT2D eigenvalue weighted by molar-refractivity contribution is -0.126. The summed E-state index contributed by atoms with van der Waals surface area (Å²) in [5.74, 6) is 1.75. The highest BCUT2D eigenvalue weighted by Gasteiger charge is 2.13. The van der Waals surface area contributed by atoms with Crippen LogP contribution in [0.2, 0.25) is 0 Å². The van der Waals surface area contributed by atoms with Gasteiger partial charge in [0, 0.05) is 19.2 Å². The van der Waals surface area contributed by atoms with Crippen molar-refractivity contribution in [1.29, 1.82) is 0 Å². The number of allylic oxidation sites excluding steroid dienone is 4. The third-order valence-corrected chi connectivity index (χ3v) is 4.36. The number of nitrogens with zero attached hydrogens (tertiary/aromatic N) is 1. The second-order valence-electron chi connectivity index (χ2n) is 6.27. The number of likely N-dealkylation sites (tertiary alicyclic amines) is 1. The molecule has 0 N–H and O–H groups in total. The highest BCUT2D eigenvalue weighted by Crippen LogP contribution is 2.32. The average molecular weight is 339 g/mol. The van der Waals surface area contributed by atoms with E-state index in [-0.39, 0.29) is 5.91 Å². The van der Waals surface area contributed by atoms with E-state index in [0.29, 0.717) is 6.79 Å². The lowest BCUT2D eigenvalue weighted by atomic mass is 10.1. The number of piperidine rings is 1. The van der Waals surface area contributed by atoms with Gasteiger partial charge in [0.15, 0.2) is 11.5 Å². The maximum absolute atomic E-state index is 11.9. The molecule has 0 unspecified atom stereocenters. The minimum absolute atomic E-state index is 0.132. The molecule has 1 amide bonds. The van der Waals surface area contributed by atoms with Crippen molar-refractivity contribution in [3.63, 3.8) is 0 Å². The van der Waals surface area contributed by atoms with E-state index in [9.17, 15) is 4.79 Å². The minimum Gasteiger partial charge on any atom is -0.454 e. The number of benzene rings is 1. The van der Waals surface area contributed by atoms with Gasteiger partial charge in [0.05, 0.1) is 0 Å². The Hall–Kier alpha value is -2.49. The van der Waals surface area contributed by atoms with Crippen molar-refractivity contribution in [2.75, 3.05) is 19.9 Å². The third kappa shape index (κ3) is 5.24. The van der Waals surface area contributed by atoms with Gasteiger partial charge in [-0.1, -0.05) is 36.4 Å². The van der Waals surface area contributed by atoms with E-state index in [1.807, 2.05) is 35.3 Å². The Bertz CT molecular complexity index is 670. The summed E-state index contributed by atoms with van der Waals surface area (Å²) in [5.41, 5.74) is 1.11. The van der Waals surface area contributed by atoms with Crippen LogP contribution >= 0.6 is 0 Å². The first-order chi connectivity index (χ1) is 12.3. The first-order valence-electron chi connectivity index (χ1n) is 9.01. The van der Waals surface area contributed by atoms with Gasteiger partial charge in [-0.25, -0.2) is 0 Å². The molecule has 1 saturated heterocycles. The van der Waals surface area contributed by atoms with Crippen molar-refractivity contribution in [3.8, 4) is 11.5 Å². The van der Waals surface area contributed by atoms with E-state index >= 15 is 0 Å². The lowest BCUT2D eigenvalue weighted by Gasteiger charge is -2.25. The predicted octanol–water partition coefficient (Wildman–Crippen LogP) is 4.33. The molecule has 0 saturated carbocycles. The number of ether oxygens (including phenoxy) is 2. The number of carbonyl (C=O) groups excluding carboxylic acids is 1. The Morgan fingerprint density at radius 2 is 1.80 bits per heavy atom. The molecular formula is C21H25NO3. The third-order valence-electron chi connectivity index (χ3n) is 4.36. The number of rotatable bonds is 6. The Kier molecular flexibility index (Phi) is 6.32. The van der Waals surface area contributed by atoms with Gasteiger partial charge < -0.3 is 14.4 Å². The number of hydrogen-bond acceptors (Lipinski definition) is 3. The van der Waals surface area contributed by atoms with Crippen LogP contribution in [-0.2, 0) is 4.79 Å². The summed E-state index contributed by atoms with van der Waals surface area (Å²) in [5, 5.41) is 0. The summed E-state index contributed by atoms with van der Waals surface area (Å²) in [7, 11) is 0. The van der Waals surface area contributed by atoms with Gasteiger partial charge in [-0.15, -0.1) is 0 Å². The van der Waals surface area contributed by atoms with Crippen LogP contribution in [0, 0.1) is 0 Å². The van der Waals surface area contributed by atoms with Crippen molar-refractivity contribution in [2.24, 2.45) is 0 Å². The largest absolute Gasteiger partial charge is 0.454 e. The second kappa shape index (κ2) is 9.11. The van der Waals surface area contributed by atoms with Crippen LogP contribution in [0.1, 0.15) is 37.7 Å². The first-order valence-corrected chi connectivity index (χ1v) is 9.01. The second-order valence-corrected chi connectivity index (χ2v) is 6.27. The van der Waals surface area contributed by atoms with Crippen LogP contribution in [0.3, 0.4) is 0 Å². The summed E-state index contributed by atoms with van der Waals surface area (Å²) in [4.78, 5) is 13.9. The number of fused-ring (bicyclic) bond motifs is 1. The molecule has 0 aliphatic carbocycles. The number of carbonyl (C=O) groups is 1. The van der Waals surface area contributed by atoms with Crippen molar-refractivity contribution in [1.82, 2.24) is 4.90 Å². The summed E-state index contributed by atoms with van der Waals surface area (Å²) in [6.07, 6.45) is 17.2. The van der Waals surface area contributed by atoms with Crippen molar-refractivity contribution < 1.29 is 14.3 Å². The normalized spacial score (nSPS) is 17.2. The minimum atomic E-state index is 0.132. The van der Waals surface area contributed by atoms with Crippen LogP contribution in [-0.4, -0.2) is 30.7 Å². The van der Waals surface area contributed by atoms with Crippen LogP contribution < -0.4 is 9.47 Å². The van der Waals surface area contributed by atoms with Gasteiger partial charge in [0.2, 0.25) is 12.7 Å². The summed E-state index contributed by atoms with van der Waals surface area (Å²) >= 11 is 0. The molecule has 1 fully saturated rings. The van der Waals surface area contributed by atoms with Crippen LogP contribution in [0.5, 0.6) is 11.5 Å². The molecule has 1 aromatic carbocycles. The fourth-order valence-corrected chi connectivity index (χ4v) is 2.96. The van der Waals surface area contributed by atoms with E-state index in [1.54, 1.807) is 6.08 Å². The zero-order chi connectivity index (χ0) is 17.3. The van der Waals surface area contributed by atoms with Gasteiger partial charge in [-0.05, 0) is 49.8 Å². The smallest absolute Gasteiger partial charge is 0.246 e. The number of hydrogen-bond donors (Lipinski definition) is 0. The van der Waals surface area contributed by atoms with Crippen LogP contribution in [0.4, 0.5) is 0 Å². The molecule has 3 rings (SSSR count). The van der Waals surface area contributed by atoms with E-state index in [0.717, 1.165) is 55.8 Å². The van der Waals surface area contributed by atoms with Crippen molar-refractivity contribution >= 4 is 12.0 Å². The molecule has 25 heavy (non-hydrogen) atoms. The maximum atomic E-state index is 11.9. The quantitative estimate of drug-likeness (QED) is 0.440. The zero-order valence-corrected chi connectivity index (χ0v) is 14.5. The molecule has 0 aromatic heterocycles. The van der Waals surface area contributed by atoms with E-state index < -0.39 is 0 Å². The molecule has 0 bridgehead atoms. The summed E-state index contributed by atoms with van der Waals surface area (Å²) < 4.78 is 10.7. The summed E-state index contributed by atoms with van der Waals surface area (Å²) in [6.45, 7) is 2.11. The number of unbranched alkanes of at least 4 members (excludes halogenated alkanes) is 1. The molecular weight excluding hydrogens is 314 g/mol. The van der Waals surface area contributed by atoms with E-state index in [2.05, 4.69) is 18.2 Å². The fraction of sp³-hybridized carbons (Fsp3) is 0.381. The van der Waals surface area contributed by atoms with Crippen molar-refractivity contribution in [2.45, 2.75) is 32.1 Å². The average Bonchev–Trinajstić information content (AvgIpc) is 3.12. The zero-order valence-electron chi connectivity index (χ0n) is 14.5. The molecule has 2 aliphatic rings. The fourth-order valence-electron chi connectivity index (χ4n) is 2.96. The van der Waals surface area contributed by atoms with Gasteiger partial charge in [0.25, 0.3) is 0 Å². The van der Waals surface area contributed by atoms with Gasteiger partial charge in [-0.2, -0.15) is 0 Å². The Morgan fingerprint density at radius 1 is 1.00 bits per heavy atom. The molecule has 2 aliphatic heterocycles. The molecule has 0 radical (unpaired) electrons.